The molecular weight excluding hydrogens is 505 g/mol. The van der Waals surface area contributed by atoms with Gasteiger partial charge in [0.15, 0.2) is 29.0 Å². The Morgan fingerprint density at radius 1 is 1.15 bits per heavy atom. The molecule has 1 aliphatic heterocycles. The highest BCUT2D eigenvalue weighted by molar-refractivity contribution is 6.02. The average molecular weight is 534 g/mol. The number of benzene rings is 1. The maximum atomic E-state index is 14.8. The lowest BCUT2D eigenvalue weighted by atomic mass is 10.1. The van der Waals surface area contributed by atoms with Gasteiger partial charge in [0.1, 0.15) is 17.9 Å². The first-order valence-corrected chi connectivity index (χ1v) is 12.4. The summed E-state index contributed by atoms with van der Waals surface area (Å²) in [5.41, 5.74) is 2.11. The lowest BCUT2D eigenvalue weighted by Crippen LogP contribution is -2.32. The van der Waals surface area contributed by atoms with Crippen molar-refractivity contribution in [3.8, 4) is 22.9 Å². The van der Waals surface area contributed by atoms with E-state index >= 15 is 0 Å². The van der Waals surface area contributed by atoms with Gasteiger partial charge in [-0.2, -0.15) is 5.10 Å². The van der Waals surface area contributed by atoms with E-state index in [4.69, 9.17) is 14.2 Å². The summed E-state index contributed by atoms with van der Waals surface area (Å²) in [6.07, 6.45) is 4.77. The Hall–Kier alpha value is -4.58. The number of anilines is 4. The maximum absolute atomic E-state index is 14.8. The first-order valence-electron chi connectivity index (χ1n) is 12.4. The monoisotopic (exact) mass is 533 g/mol. The summed E-state index contributed by atoms with van der Waals surface area (Å²) in [5.74, 6) is 1.20. The summed E-state index contributed by atoms with van der Waals surface area (Å²) in [4.78, 5) is 25.5. The predicted octanol–water partition coefficient (Wildman–Crippen LogP) is 4.52. The van der Waals surface area contributed by atoms with E-state index < -0.39 is 5.82 Å². The van der Waals surface area contributed by atoms with Gasteiger partial charge in [0.25, 0.3) is 0 Å². The molecule has 0 aliphatic carbocycles. The van der Waals surface area contributed by atoms with Crippen molar-refractivity contribution in [3.63, 3.8) is 0 Å². The molecule has 4 heterocycles. The Morgan fingerprint density at radius 3 is 2.67 bits per heavy atom. The highest BCUT2D eigenvalue weighted by Gasteiger charge is 2.20. The van der Waals surface area contributed by atoms with Gasteiger partial charge in [0.05, 0.1) is 55.6 Å². The Kier molecular flexibility index (Phi) is 7.64. The normalized spacial score (nSPS) is 13.0. The molecule has 5 rings (SSSR count). The standard InChI is InChI=1S/C27H28FN7O4/c1-4-23(36)19-11-29-24(33-27-20(28)8-17(10-30-27)39-14-16-12-38-13-16)9-22(19)32-21-7-5-6-18(25(21)37-3)26-31-15-35(2)34-26/h5-11,15-16H,4,12-14H2,1-3H3,(H2,29,30,32,33). The van der Waals surface area contributed by atoms with E-state index in [-0.39, 0.29) is 18.0 Å². The van der Waals surface area contributed by atoms with Gasteiger partial charge in [0.2, 0.25) is 0 Å². The van der Waals surface area contributed by atoms with Crippen LogP contribution in [0.4, 0.5) is 27.4 Å². The largest absolute Gasteiger partial charge is 0.494 e. The van der Waals surface area contributed by atoms with Crippen molar-refractivity contribution < 1.29 is 23.4 Å². The average Bonchev–Trinajstić information content (AvgIpc) is 3.35. The molecular formula is C27H28FN7O4. The third-order valence-corrected chi connectivity index (χ3v) is 6.11. The molecule has 12 heteroatoms. The molecule has 0 amide bonds. The van der Waals surface area contributed by atoms with E-state index in [2.05, 4.69) is 30.7 Å². The molecule has 0 spiro atoms. The van der Waals surface area contributed by atoms with E-state index in [1.165, 1.54) is 18.5 Å². The van der Waals surface area contributed by atoms with Crippen molar-refractivity contribution in [1.82, 2.24) is 24.7 Å². The Bertz CT molecular complexity index is 1490. The SMILES string of the molecule is CCC(=O)c1cnc(Nc2ncc(OCC3COC3)cc2F)cc1Nc1cccc(-c2ncn(C)n2)c1OC. The number of aromatic nitrogens is 5. The van der Waals surface area contributed by atoms with Crippen LogP contribution in [0.1, 0.15) is 23.7 Å². The molecule has 0 bridgehead atoms. The van der Waals surface area contributed by atoms with Crippen LogP contribution in [0.5, 0.6) is 11.5 Å². The fraction of sp³-hybridized carbons (Fsp3) is 0.296. The molecule has 2 N–H and O–H groups in total. The Labute approximate surface area is 224 Å². The number of carbonyl (C=O) groups excluding carboxylic acids is 1. The number of carbonyl (C=O) groups is 1. The van der Waals surface area contributed by atoms with Crippen LogP contribution in [0.2, 0.25) is 0 Å². The molecule has 0 saturated carbocycles. The number of halogens is 1. The number of ketones is 1. The van der Waals surface area contributed by atoms with Crippen LogP contribution >= 0.6 is 0 Å². The molecule has 1 aromatic carbocycles. The minimum absolute atomic E-state index is 0.0249. The molecule has 1 saturated heterocycles. The van der Waals surface area contributed by atoms with Crippen LogP contribution in [0, 0.1) is 11.7 Å². The number of hydrogen-bond acceptors (Lipinski definition) is 10. The predicted molar refractivity (Wildman–Crippen MR) is 142 cm³/mol. The van der Waals surface area contributed by atoms with E-state index in [0.717, 1.165) is 0 Å². The van der Waals surface area contributed by atoms with Crippen LogP contribution in [0.25, 0.3) is 11.4 Å². The molecule has 3 aromatic heterocycles. The number of nitrogens with zero attached hydrogens (tertiary/aromatic N) is 5. The highest BCUT2D eigenvalue weighted by atomic mass is 19.1. The van der Waals surface area contributed by atoms with Crippen molar-refractivity contribution in [1.29, 1.82) is 0 Å². The maximum Gasteiger partial charge on any atom is 0.184 e. The van der Waals surface area contributed by atoms with Crippen molar-refractivity contribution in [2.45, 2.75) is 13.3 Å². The smallest absolute Gasteiger partial charge is 0.184 e. The molecule has 1 fully saturated rings. The van der Waals surface area contributed by atoms with Crippen LogP contribution < -0.4 is 20.1 Å². The number of hydrogen-bond donors (Lipinski definition) is 2. The molecule has 11 nitrogen and oxygen atoms in total. The number of pyridine rings is 2. The molecule has 202 valence electrons. The molecule has 4 aromatic rings. The number of aryl methyl sites for hydroxylation is 1. The van der Waals surface area contributed by atoms with Crippen molar-refractivity contribution in [3.05, 3.63) is 60.4 Å². The highest BCUT2D eigenvalue weighted by Crippen LogP contribution is 2.37. The van der Waals surface area contributed by atoms with Gasteiger partial charge in [0, 0.05) is 37.7 Å². The van der Waals surface area contributed by atoms with Gasteiger partial charge in [-0.05, 0) is 12.1 Å². The quantitative estimate of drug-likeness (QED) is 0.266. The van der Waals surface area contributed by atoms with Gasteiger partial charge in [-0.1, -0.05) is 13.0 Å². The minimum atomic E-state index is -0.598. The number of ether oxygens (including phenoxy) is 3. The number of methoxy groups -OCH3 is 1. The summed E-state index contributed by atoms with van der Waals surface area (Å²) in [6, 6.07) is 8.38. The van der Waals surface area contributed by atoms with Gasteiger partial charge in [-0.15, -0.1) is 0 Å². The summed E-state index contributed by atoms with van der Waals surface area (Å²) >= 11 is 0. The van der Waals surface area contributed by atoms with Crippen LogP contribution in [-0.4, -0.2) is 57.4 Å². The van der Waals surface area contributed by atoms with Crippen molar-refractivity contribution in [2.24, 2.45) is 13.0 Å². The zero-order valence-corrected chi connectivity index (χ0v) is 21.8. The number of Topliss-reactive ketones (excluding diaryl/α,β-unsaturated/α-hetero) is 1. The third-order valence-electron chi connectivity index (χ3n) is 6.11. The third kappa shape index (κ3) is 5.80. The van der Waals surface area contributed by atoms with E-state index in [0.29, 0.717) is 71.4 Å². The Morgan fingerprint density at radius 2 is 2.00 bits per heavy atom. The summed E-state index contributed by atoms with van der Waals surface area (Å²) in [5, 5.41) is 10.5. The van der Waals surface area contributed by atoms with Gasteiger partial charge in [-0.3, -0.25) is 9.48 Å². The fourth-order valence-electron chi connectivity index (χ4n) is 3.99. The molecule has 0 atom stereocenters. The second-order valence-electron chi connectivity index (χ2n) is 8.99. The molecule has 0 radical (unpaired) electrons. The van der Waals surface area contributed by atoms with Gasteiger partial charge >= 0.3 is 0 Å². The zero-order chi connectivity index (χ0) is 27.4. The van der Waals surface area contributed by atoms with Gasteiger partial charge < -0.3 is 24.8 Å². The number of nitrogens with one attached hydrogen (secondary N) is 2. The zero-order valence-electron chi connectivity index (χ0n) is 21.8. The first-order chi connectivity index (χ1) is 18.9. The fourth-order valence-corrected chi connectivity index (χ4v) is 3.99. The summed E-state index contributed by atoms with van der Waals surface area (Å²) in [6.45, 7) is 3.50. The van der Waals surface area contributed by atoms with E-state index in [1.54, 1.807) is 38.2 Å². The topological polar surface area (TPSA) is 125 Å². The van der Waals surface area contributed by atoms with Crippen LogP contribution in [0.15, 0.2) is 49.1 Å². The lowest BCUT2D eigenvalue weighted by Gasteiger charge is -2.25. The Balaban J connectivity index is 1.42. The number of para-hydroxylation sites is 1. The van der Waals surface area contributed by atoms with Gasteiger partial charge in [-0.25, -0.2) is 19.3 Å². The second-order valence-corrected chi connectivity index (χ2v) is 8.99. The molecule has 1 aliphatic rings. The van der Waals surface area contributed by atoms with E-state index in [1.807, 2.05) is 18.2 Å². The minimum Gasteiger partial charge on any atom is -0.494 e. The van der Waals surface area contributed by atoms with Crippen LogP contribution in [-0.2, 0) is 11.8 Å². The summed E-state index contributed by atoms with van der Waals surface area (Å²) < 4.78 is 32.8. The van der Waals surface area contributed by atoms with E-state index in [9.17, 15) is 9.18 Å². The number of rotatable bonds is 11. The second kappa shape index (κ2) is 11.4. The van der Waals surface area contributed by atoms with Crippen molar-refractivity contribution >= 4 is 28.8 Å². The molecule has 39 heavy (non-hydrogen) atoms. The van der Waals surface area contributed by atoms with Crippen LogP contribution in [0.3, 0.4) is 0 Å². The first kappa shape index (κ1) is 26.0. The molecule has 0 unspecified atom stereocenters. The van der Waals surface area contributed by atoms with Crippen molar-refractivity contribution in [2.75, 3.05) is 37.6 Å². The lowest BCUT2D eigenvalue weighted by molar-refractivity contribution is -0.0509. The summed E-state index contributed by atoms with van der Waals surface area (Å²) in [7, 11) is 3.33.